The summed E-state index contributed by atoms with van der Waals surface area (Å²) in [5.74, 6) is 1.92. The monoisotopic (exact) mass is 255 g/mol. The molecule has 0 aliphatic heterocycles. The van der Waals surface area contributed by atoms with Crippen LogP contribution in [0, 0.1) is 17.8 Å². The Morgan fingerprint density at radius 2 is 1.89 bits per heavy atom. The third-order valence-electron chi connectivity index (χ3n) is 4.85. The number of aliphatic hydroxyl groups is 2. The zero-order valence-electron chi connectivity index (χ0n) is 11.9. The van der Waals surface area contributed by atoms with Crippen LogP contribution in [0.15, 0.2) is 0 Å². The predicted molar refractivity (Wildman–Crippen MR) is 73.4 cm³/mol. The first-order valence-electron chi connectivity index (χ1n) is 7.64. The van der Waals surface area contributed by atoms with Crippen molar-refractivity contribution < 1.29 is 10.2 Å². The number of hydrogen-bond acceptors (Lipinski definition) is 3. The number of hydrogen-bond donors (Lipinski definition) is 2. The highest BCUT2D eigenvalue weighted by molar-refractivity contribution is 4.89. The normalized spacial score (nSPS) is 33.3. The molecule has 2 aliphatic carbocycles. The van der Waals surface area contributed by atoms with Gasteiger partial charge in [-0.15, -0.1) is 0 Å². The Balaban J connectivity index is 1.88. The highest BCUT2D eigenvalue weighted by Crippen LogP contribution is 2.36. The Morgan fingerprint density at radius 1 is 1.17 bits per heavy atom. The molecule has 3 atom stereocenters. The van der Waals surface area contributed by atoms with Crippen LogP contribution in [0.3, 0.4) is 0 Å². The van der Waals surface area contributed by atoms with Crippen molar-refractivity contribution in [2.24, 2.45) is 17.8 Å². The highest BCUT2D eigenvalue weighted by Gasteiger charge is 2.35. The van der Waals surface area contributed by atoms with Crippen LogP contribution >= 0.6 is 0 Å². The van der Waals surface area contributed by atoms with Crippen molar-refractivity contribution in [1.29, 1.82) is 0 Å². The summed E-state index contributed by atoms with van der Waals surface area (Å²) >= 11 is 0. The smallest absolute Gasteiger partial charge is 0.0580 e. The van der Waals surface area contributed by atoms with E-state index in [-0.39, 0.29) is 12.7 Å². The quantitative estimate of drug-likeness (QED) is 0.761. The van der Waals surface area contributed by atoms with Gasteiger partial charge in [-0.25, -0.2) is 0 Å². The van der Waals surface area contributed by atoms with Gasteiger partial charge in [0.2, 0.25) is 0 Å². The van der Waals surface area contributed by atoms with E-state index in [0.717, 1.165) is 37.8 Å². The van der Waals surface area contributed by atoms with Crippen LogP contribution in [0.2, 0.25) is 0 Å². The second-order valence-corrected chi connectivity index (χ2v) is 6.59. The highest BCUT2D eigenvalue weighted by atomic mass is 16.3. The first-order chi connectivity index (χ1) is 8.61. The Hall–Kier alpha value is -0.120. The van der Waals surface area contributed by atoms with E-state index < -0.39 is 0 Å². The molecule has 2 N–H and O–H groups in total. The maximum absolute atomic E-state index is 10.2. The van der Waals surface area contributed by atoms with Crippen LogP contribution in [0.1, 0.15) is 46.0 Å². The van der Waals surface area contributed by atoms with Crippen molar-refractivity contribution in [3.05, 3.63) is 0 Å². The fourth-order valence-electron chi connectivity index (χ4n) is 3.38. The van der Waals surface area contributed by atoms with Crippen LogP contribution in [-0.2, 0) is 0 Å². The van der Waals surface area contributed by atoms with E-state index in [4.69, 9.17) is 5.11 Å². The fraction of sp³-hybridized carbons (Fsp3) is 1.00. The molecule has 2 saturated carbocycles. The molecule has 0 radical (unpaired) electrons. The second kappa shape index (κ2) is 6.36. The van der Waals surface area contributed by atoms with Gasteiger partial charge in [-0.3, -0.25) is 4.90 Å². The number of aliphatic hydroxyl groups excluding tert-OH is 2. The molecule has 2 rings (SSSR count). The van der Waals surface area contributed by atoms with E-state index in [2.05, 4.69) is 18.7 Å². The predicted octanol–water partition coefficient (Wildman–Crippen LogP) is 1.88. The molecule has 3 unspecified atom stereocenters. The second-order valence-electron chi connectivity index (χ2n) is 6.59. The SMILES string of the molecule is CC(C)C1CCC(O)C(CN(CCO)C2CC2)C1. The summed E-state index contributed by atoms with van der Waals surface area (Å²) in [6.45, 7) is 6.60. The number of rotatable bonds is 6. The van der Waals surface area contributed by atoms with Gasteiger partial charge in [0, 0.05) is 19.1 Å². The van der Waals surface area contributed by atoms with E-state index in [9.17, 15) is 5.11 Å². The van der Waals surface area contributed by atoms with E-state index >= 15 is 0 Å². The Kier molecular flexibility index (Phi) is 5.05. The van der Waals surface area contributed by atoms with Gasteiger partial charge in [0.15, 0.2) is 0 Å². The maximum atomic E-state index is 10.2. The molecule has 0 saturated heterocycles. The lowest BCUT2D eigenvalue weighted by molar-refractivity contribution is 0.0144. The van der Waals surface area contributed by atoms with Crippen LogP contribution in [0.25, 0.3) is 0 Å². The Morgan fingerprint density at radius 3 is 2.44 bits per heavy atom. The minimum absolute atomic E-state index is 0.125. The summed E-state index contributed by atoms with van der Waals surface area (Å²) in [6.07, 6.45) is 5.73. The summed E-state index contributed by atoms with van der Waals surface area (Å²) in [5, 5.41) is 19.3. The van der Waals surface area contributed by atoms with Gasteiger partial charge >= 0.3 is 0 Å². The molecule has 0 bridgehead atoms. The van der Waals surface area contributed by atoms with Crippen LogP contribution in [0.4, 0.5) is 0 Å². The molecule has 18 heavy (non-hydrogen) atoms. The molecule has 2 fully saturated rings. The first-order valence-corrected chi connectivity index (χ1v) is 7.64. The van der Waals surface area contributed by atoms with Crippen molar-refractivity contribution in [2.75, 3.05) is 19.7 Å². The van der Waals surface area contributed by atoms with Gasteiger partial charge in [-0.1, -0.05) is 13.8 Å². The maximum Gasteiger partial charge on any atom is 0.0580 e. The van der Waals surface area contributed by atoms with Crippen molar-refractivity contribution in [2.45, 2.75) is 58.1 Å². The van der Waals surface area contributed by atoms with Gasteiger partial charge < -0.3 is 10.2 Å². The summed E-state index contributed by atoms with van der Waals surface area (Å²) in [5.41, 5.74) is 0. The van der Waals surface area contributed by atoms with E-state index in [1.54, 1.807) is 0 Å². The molecule has 3 nitrogen and oxygen atoms in total. The topological polar surface area (TPSA) is 43.7 Å². The average Bonchev–Trinajstić information content (AvgIpc) is 3.14. The zero-order chi connectivity index (χ0) is 13.1. The van der Waals surface area contributed by atoms with Gasteiger partial charge in [0.25, 0.3) is 0 Å². The molecule has 0 aromatic rings. The van der Waals surface area contributed by atoms with Crippen LogP contribution < -0.4 is 0 Å². The van der Waals surface area contributed by atoms with Crippen LogP contribution in [0.5, 0.6) is 0 Å². The summed E-state index contributed by atoms with van der Waals surface area (Å²) in [7, 11) is 0. The molecule has 3 heteroatoms. The van der Waals surface area contributed by atoms with Gasteiger partial charge in [-0.2, -0.15) is 0 Å². The van der Waals surface area contributed by atoms with Crippen molar-refractivity contribution in [3.63, 3.8) is 0 Å². The van der Waals surface area contributed by atoms with Crippen molar-refractivity contribution in [3.8, 4) is 0 Å². The average molecular weight is 255 g/mol. The molecule has 2 aliphatic rings. The minimum Gasteiger partial charge on any atom is -0.395 e. The Labute approximate surface area is 111 Å². The van der Waals surface area contributed by atoms with Gasteiger partial charge in [-0.05, 0) is 49.9 Å². The fourth-order valence-corrected chi connectivity index (χ4v) is 3.38. The summed E-state index contributed by atoms with van der Waals surface area (Å²) in [6, 6.07) is 0.684. The molecular weight excluding hydrogens is 226 g/mol. The lowest BCUT2D eigenvalue weighted by atomic mass is 9.74. The summed E-state index contributed by atoms with van der Waals surface area (Å²) in [4.78, 5) is 2.40. The van der Waals surface area contributed by atoms with Crippen LogP contribution in [-0.4, -0.2) is 47.0 Å². The Bertz CT molecular complexity index is 253. The standard InChI is InChI=1S/C15H29NO2/c1-11(2)12-3-6-15(18)13(9-12)10-16(7-8-17)14-4-5-14/h11-15,17-18H,3-10H2,1-2H3. The molecule has 0 heterocycles. The third-order valence-corrected chi connectivity index (χ3v) is 4.85. The minimum atomic E-state index is -0.125. The molecule has 0 amide bonds. The van der Waals surface area contributed by atoms with Gasteiger partial charge in [0.1, 0.15) is 0 Å². The largest absolute Gasteiger partial charge is 0.395 e. The third kappa shape index (κ3) is 3.69. The molecule has 0 spiro atoms. The van der Waals surface area contributed by atoms with Crippen molar-refractivity contribution >= 4 is 0 Å². The first kappa shape index (κ1) is 14.3. The lowest BCUT2D eigenvalue weighted by Gasteiger charge is -2.38. The van der Waals surface area contributed by atoms with Crippen molar-refractivity contribution in [1.82, 2.24) is 4.90 Å². The number of nitrogens with zero attached hydrogens (tertiary/aromatic N) is 1. The van der Waals surface area contributed by atoms with E-state index in [1.165, 1.54) is 19.3 Å². The molecular formula is C15H29NO2. The molecule has 0 aromatic heterocycles. The van der Waals surface area contributed by atoms with Gasteiger partial charge in [0.05, 0.1) is 12.7 Å². The lowest BCUT2D eigenvalue weighted by Crippen LogP contribution is -2.41. The molecule has 0 aromatic carbocycles. The summed E-state index contributed by atoms with van der Waals surface area (Å²) < 4.78 is 0. The zero-order valence-corrected chi connectivity index (χ0v) is 11.9. The van der Waals surface area contributed by atoms with E-state index in [0.29, 0.717) is 12.0 Å². The van der Waals surface area contributed by atoms with E-state index in [1.807, 2.05) is 0 Å². The molecule has 106 valence electrons.